The zero-order valence-corrected chi connectivity index (χ0v) is 19.5. The maximum atomic E-state index is 13.7. The molecular weight excluding hydrogens is 473 g/mol. The highest BCUT2D eigenvalue weighted by atomic mass is 35.5. The molecule has 0 spiro atoms. The van der Waals surface area contributed by atoms with Crippen molar-refractivity contribution < 1.29 is 23.3 Å². The van der Waals surface area contributed by atoms with Crippen LogP contribution in [0.4, 0.5) is 15.8 Å². The molecule has 2 aliphatic rings. The molecule has 1 amide bonds. The predicted octanol–water partition coefficient (Wildman–Crippen LogP) is 3.98. The first kappa shape index (κ1) is 22.7. The van der Waals surface area contributed by atoms with Gasteiger partial charge in [0.1, 0.15) is 5.57 Å². The van der Waals surface area contributed by atoms with Crippen LogP contribution in [0.2, 0.25) is 5.02 Å². The van der Waals surface area contributed by atoms with E-state index < -0.39 is 17.3 Å². The van der Waals surface area contributed by atoms with Crippen molar-refractivity contribution in [2.24, 2.45) is 0 Å². The fraction of sp³-hybridized carbons (Fsp3) is 0.154. The van der Waals surface area contributed by atoms with Gasteiger partial charge >= 0.3 is 17.6 Å². The highest BCUT2D eigenvalue weighted by Crippen LogP contribution is 2.36. The van der Waals surface area contributed by atoms with E-state index in [1.54, 1.807) is 64.9 Å². The molecule has 2 aromatic carbocycles. The molecule has 2 aliphatic heterocycles. The molecule has 7 nitrogen and oxygen atoms in total. The number of pyridine rings is 1. The number of halogens is 2. The first-order chi connectivity index (χ1) is 16.9. The van der Waals surface area contributed by atoms with E-state index in [0.717, 1.165) is 6.07 Å². The van der Waals surface area contributed by atoms with Gasteiger partial charge in [-0.1, -0.05) is 17.7 Å². The Hall–Kier alpha value is -4.04. The molecule has 1 aromatic heterocycles. The zero-order chi connectivity index (χ0) is 24.7. The first-order valence-electron chi connectivity index (χ1n) is 11.0. The molecule has 5 rings (SSSR count). The van der Waals surface area contributed by atoms with Crippen LogP contribution < -0.4 is 10.5 Å². The van der Waals surface area contributed by atoms with Crippen LogP contribution in [-0.2, 0) is 14.3 Å². The molecular formula is C26H20ClFN3O4+. The smallest absolute Gasteiger partial charge is 0.404 e. The Kier molecular flexibility index (Phi) is 5.82. The van der Waals surface area contributed by atoms with Crippen molar-refractivity contribution in [3.05, 3.63) is 99.3 Å². The number of anilines is 1. The summed E-state index contributed by atoms with van der Waals surface area (Å²) in [6, 6.07) is 16.2. The summed E-state index contributed by atoms with van der Waals surface area (Å²) in [5.74, 6) is -1.60. The third-order valence-corrected chi connectivity index (χ3v) is 6.16. The minimum Gasteiger partial charge on any atom is -0.458 e. The van der Waals surface area contributed by atoms with Crippen LogP contribution in [0.3, 0.4) is 0 Å². The van der Waals surface area contributed by atoms with Crippen LogP contribution in [0.5, 0.6) is 0 Å². The number of nitrogens with zero attached hydrogens (tertiary/aromatic N) is 3. The van der Waals surface area contributed by atoms with Crippen molar-refractivity contribution in [2.75, 3.05) is 18.1 Å². The van der Waals surface area contributed by atoms with E-state index in [4.69, 9.17) is 16.3 Å². The molecule has 35 heavy (non-hydrogen) atoms. The average molecular weight is 493 g/mol. The number of carbonyl (C=O) groups is 2. The average Bonchev–Trinajstić information content (AvgIpc) is 2.82. The molecule has 1 fully saturated rings. The molecule has 176 valence electrons. The number of amides is 1. The fourth-order valence-corrected chi connectivity index (χ4v) is 4.54. The topological polar surface area (TPSA) is 71.6 Å². The van der Waals surface area contributed by atoms with Gasteiger partial charge in [0.15, 0.2) is 5.82 Å². The Morgan fingerprint density at radius 2 is 1.83 bits per heavy atom. The van der Waals surface area contributed by atoms with Gasteiger partial charge in [0.25, 0.3) is 11.3 Å². The third-order valence-electron chi connectivity index (χ3n) is 5.93. The number of rotatable bonds is 5. The zero-order valence-electron chi connectivity index (χ0n) is 18.7. The van der Waals surface area contributed by atoms with E-state index >= 15 is 0 Å². The molecule has 3 heterocycles. The lowest BCUT2D eigenvalue weighted by molar-refractivity contribution is -0.395. The summed E-state index contributed by atoms with van der Waals surface area (Å²) in [6.45, 7) is 2.31. The summed E-state index contributed by atoms with van der Waals surface area (Å²) >= 11 is 6.17. The molecule has 0 unspecified atom stereocenters. The molecule has 1 saturated heterocycles. The van der Waals surface area contributed by atoms with Crippen molar-refractivity contribution >= 4 is 40.6 Å². The molecule has 0 N–H and O–H groups in total. The van der Waals surface area contributed by atoms with E-state index in [9.17, 15) is 18.8 Å². The second kappa shape index (κ2) is 8.96. The number of esters is 1. The second-order valence-corrected chi connectivity index (χ2v) is 8.40. The Bertz CT molecular complexity index is 1490. The SMILES string of the molecule is CCOC(=O)C1=C2CCN(c3ccc(-n4cccc(F)c4=O)cc3)C(=O)C2=[N+]1c1cccc(Cl)c1. The number of aromatic nitrogens is 1. The van der Waals surface area contributed by atoms with Crippen LogP contribution in [0.1, 0.15) is 13.3 Å². The van der Waals surface area contributed by atoms with Crippen molar-refractivity contribution in [3.8, 4) is 5.69 Å². The number of carbonyl (C=O) groups excluding carboxylic acids is 2. The number of hydrogen-bond acceptors (Lipinski definition) is 4. The van der Waals surface area contributed by atoms with Crippen molar-refractivity contribution in [2.45, 2.75) is 13.3 Å². The van der Waals surface area contributed by atoms with Crippen LogP contribution in [-0.4, -0.2) is 39.9 Å². The van der Waals surface area contributed by atoms with Crippen LogP contribution in [0, 0.1) is 5.82 Å². The number of ether oxygens (including phenoxy) is 1. The second-order valence-electron chi connectivity index (χ2n) is 7.97. The summed E-state index contributed by atoms with van der Waals surface area (Å²) in [5, 5.41) is 0.475. The maximum absolute atomic E-state index is 13.7. The van der Waals surface area contributed by atoms with Gasteiger partial charge in [-0.05, 0) is 49.4 Å². The van der Waals surface area contributed by atoms with E-state index in [-0.39, 0.29) is 12.5 Å². The highest BCUT2D eigenvalue weighted by molar-refractivity contribution is 6.50. The fourth-order valence-electron chi connectivity index (χ4n) is 4.35. The number of fused-ring (bicyclic) bond motifs is 1. The molecule has 0 aliphatic carbocycles. The van der Waals surface area contributed by atoms with E-state index in [1.807, 2.05) is 0 Å². The van der Waals surface area contributed by atoms with Crippen LogP contribution in [0.15, 0.2) is 82.9 Å². The molecule has 9 heteroatoms. The van der Waals surface area contributed by atoms with Gasteiger partial charge in [0.2, 0.25) is 5.69 Å². The van der Waals surface area contributed by atoms with E-state index in [1.165, 1.54) is 16.8 Å². The summed E-state index contributed by atoms with van der Waals surface area (Å²) in [7, 11) is 0. The predicted molar refractivity (Wildman–Crippen MR) is 129 cm³/mol. The maximum Gasteiger partial charge on any atom is 0.404 e. The Morgan fingerprint density at radius 1 is 1.09 bits per heavy atom. The largest absolute Gasteiger partial charge is 0.458 e. The number of piperidine rings is 1. The van der Waals surface area contributed by atoms with Gasteiger partial charge in [0.05, 0.1) is 6.61 Å². The lowest BCUT2D eigenvalue weighted by Crippen LogP contribution is -2.52. The normalized spacial score (nSPS) is 15.2. The molecule has 0 radical (unpaired) electrons. The monoisotopic (exact) mass is 492 g/mol. The van der Waals surface area contributed by atoms with E-state index in [2.05, 4.69) is 0 Å². The summed E-state index contributed by atoms with van der Waals surface area (Å²) < 4.78 is 21.7. The van der Waals surface area contributed by atoms with Gasteiger partial charge in [-0.3, -0.25) is 14.2 Å². The number of benzene rings is 2. The molecule has 0 saturated carbocycles. The third kappa shape index (κ3) is 3.85. The first-order valence-corrected chi connectivity index (χ1v) is 11.4. The summed E-state index contributed by atoms with van der Waals surface area (Å²) in [4.78, 5) is 39.9. The van der Waals surface area contributed by atoms with Crippen LogP contribution in [0.25, 0.3) is 5.69 Å². The van der Waals surface area contributed by atoms with Gasteiger partial charge in [-0.25, -0.2) is 9.18 Å². The van der Waals surface area contributed by atoms with Crippen molar-refractivity contribution in [1.82, 2.24) is 4.57 Å². The Balaban J connectivity index is 1.50. The quantitative estimate of drug-likeness (QED) is 0.399. The van der Waals surface area contributed by atoms with E-state index in [0.29, 0.717) is 52.0 Å². The number of hydrogen-bond donors (Lipinski definition) is 0. The van der Waals surface area contributed by atoms with Crippen LogP contribution >= 0.6 is 11.6 Å². The Labute approximate surface area is 204 Å². The Morgan fingerprint density at radius 3 is 2.54 bits per heavy atom. The standard InChI is InChI=1S/C26H20ClFN3O4/c1-2-35-26(34)23-20-12-14-30(25(33)22(20)31(23)19-6-3-5-16(27)15-19)18-10-8-17(9-11-18)29-13-4-7-21(28)24(29)32/h3-11,13,15H,2,12,14H2,1H3/q+1. The van der Waals surface area contributed by atoms with Crippen molar-refractivity contribution in [3.63, 3.8) is 0 Å². The molecule has 0 atom stereocenters. The molecule has 3 aromatic rings. The minimum absolute atomic E-state index is 0.217. The van der Waals surface area contributed by atoms with Gasteiger partial charge in [-0.2, -0.15) is 0 Å². The summed E-state index contributed by atoms with van der Waals surface area (Å²) in [5.41, 5.74) is 2.33. The summed E-state index contributed by atoms with van der Waals surface area (Å²) in [6.07, 6.45) is 1.95. The minimum atomic E-state index is -0.845. The van der Waals surface area contributed by atoms with Gasteiger partial charge in [0, 0.05) is 47.7 Å². The lowest BCUT2D eigenvalue weighted by atomic mass is 9.90. The highest BCUT2D eigenvalue weighted by Gasteiger charge is 2.53. The van der Waals surface area contributed by atoms with Gasteiger partial charge in [-0.15, -0.1) is 4.58 Å². The molecule has 0 bridgehead atoms. The lowest BCUT2D eigenvalue weighted by Gasteiger charge is -2.32. The van der Waals surface area contributed by atoms with Gasteiger partial charge < -0.3 is 9.64 Å². The van der Waals surface area contributed by atoms with Crippen molar-refractivity contribution in [1.29, 1.82) is 0 Å².